The quantitative estimate of drug-likeness (QED) is 0.390. The molecular formula is C26H28N4O5. The van der Waals surface area contributed by atoms with Crippen LogP contribution in [0.15, 0.2) is 53.1 Å². The summed E-state index contributed by atoms with van der Waals surface area (Å²) >= 11 is 0. The summed E-state index contributed by atoms with van der Waals surface area (Å²) in [6.45, 7) is 4.85. The predicted molar refractivity (Wildman–Crippen MR) is 131 cm³/mol. The molecule has 9 nitrogen and oxygen atoms in total. The van der Waals surface area contributed by atoms with Crippen molar-refractivity contribution in [1.82, 2.24) is 10.3 Å². The van der Waals surface area contributed by atoms with E-state index in [4.69, 9.17) is 4.42 Å². The molecule has 0 aliphatic heterocycles. The average molecular weight is 477 g/mol. The van der Waals surface area contributed by atoms with Crippen molar-refractivity contribution in [2.24, 2.45) is 5.92 Å². The average Bonchev–Trinajstić information content (AvgIpc) is 3.49. The largest absolute Gasteiger partial charge is 0.480 e. The molecule has 0 saturated carbocycles. The number of aliphatic carboxylic acids is 1. The molecule has 3 amide bonds. The summed E-state index contributed by atoms with van der Waals surface area (Å²) in [6.07, 6.45) is 4.67. The van der Waals surface area contributed by atoms with Crippen LogP contribution in [-0.2, 0) is 17.6 Å². The molecule has 4 rings (SSSR count). The number of urea groups is 1. The number of oxazole rings is 1. The Kier molecular flexibility index (Phi) is 6.59. The predicted octanol–water partition coefficient (Wildman–Crippen LogP) is 4.70. The lowest BCUT2D eigenvalue weighted by molar-refractivity contribution is -0.145. The fourth-order valence-corrected chi connectivity index (χ4v) is 3.91. The Balaban J connectivity index is 1.38. The maximum absolute atomic E-state index is 12.5. The fraction of sp³-hybridized carbons (Fsp3) is 0.308. The van der Waals surface area contributed by atoms with Crippen LogP contribution < -0.4 is 16.0 Å². The van der Waals surface area contributed by atoms with Gasteiger partial charge in [-0.05, 0) is 79.6 Å². The lowest BCUT2D eigenvalue weighted by Gasteiger charge is -2.29. The van der Waals surface area contributed by atoms with Gasteiger partial charge in [0, 0.05) is 16.9 Å². The number of anilines is 2. The molecule has 0 fully saturated rings. The highest BCUT2D eigenvalue weighted by Gasteiger charge is 2.39. The van der Waals surface area contributed by atoms with Gasteiger partial charge in [0.05, 0.1) is 6.20 Å². The second-order valence-electron chi connectivity index (χ2n) is 9.14. The lowest BCUT2D eigenvalue weighted by atomic mass is 9.88. The molecule has 3 aromatic rings. The Labute approximate surface area is 202 Å². The van der Waals surface area contributed by atoms with Gasteiger partial charge >= 0.3 is 17.9 Å². The zero-order chi connectivity index (χ0) is 25.2. The molecule has 1 unspecified atom stereocenters. The number of aromatic nitrogens is 1. The van der Waals surface area contributed by atoms with Crippen LogP contribution in [0.5, 0.6) is 0 Å². The van der Waals surface area contributed by atoms with Crippen LogP contribution in [0.1, 0.15) is 49.0 Å². The SMILES string of the molecule is CC(C)C(C)(NC(=O)c1ncc(-c2ccc(NC(=O)Nc3ccc4c(c3)CCC4)cc2)o1)C(=O)O. The van der Waals surface area contributed by atoms with Crippen molar-refractivity contribution >= 4 is 29.3 Å². The van der Waals surface area contributed by atoms with Gasteiger partial charge in [0.15, 0.2) is 5.76 Å². The highest BCUT2D eigenvalue weighted by atomic mass is 16.4. The first-order valence-corrected chi connectivity index (χ1v) is 11.5. The third-order valence-corrected chi connectivity index (χ3v) is 6.46. The second-order valence-corrected chi connectivity index (χ2v) is 9.14. The number of benzene rings is 2. The Bertz CT molecular complexity index is 1270. The first-order valence-electron chi connectivity index (χ1n) is 11.5. The van der Waals surface area contributed by atoms with Gasteiger partial charge in [0.25, 0.3) is 5.89 Å². The van der Waals surface area contributed by atoms with Crippen molar-refractivity contribution in [1.29, 1.82) is 0 Å². The van der Waals surface area contributed by atoms with E-state index in [0.29, 0.717) is 17.0 Å². The summed E-state index contributed by atoms with van der Waals surface area (Å²) in [4.78, 5) is 40.5. The molecule has 0 bridgehead atoms. The number of rotatable bonds is 7. The number of hydrogen-bond acceptors (Lipinski definition) is 5. The van der Waals surface area contributed by atoms with E-state index in [0.717, 1.165) is 24.9 Å². The van der Waals surface area contributed by atoms with E-state index in [1.165, 1.54) is 24.2 Å². The van der Waals surface area contributed by atoms with Crippen LogP contribution >= 0.6 is 0 Å². The van der Waals surface area contributed by atoms with Crippen molar-refractivity contribution in [3.05, 3.63) is 65.7 Å². The van der Waals surface area contributed by atoms with E-state index in [2.05, 4.69) is 27.0 Å². The molecule has 1 aliphatic carbocycles. The number of nitrogens with zero attached hydrogens (tertiary/aromatic N) is 1. The second kappa shape index (κ2) is 9.61. The number of amides is 3. The van der Waals surface area contributed by atoms with Gasteiger partial charge < -0.3 is 25.5 Å². The molecule has 4 N–H and O–H groups in total. The summed E-state index contributed by atoms with van der Waals surface area (Å²) < 4.78 is 5.56. The normalized spacial score (nSPS) is 14.2. The molecule has 0 saturated heterocycles. The van der Waals surface area contributed by atoms with Crippen molar-refractivity contribution in [3.8, 4) is 11.3 Å². The maximum atomic E-state index is 12.5. The number of hydrogen-bond donors (Lipinski definition) is 4. The molecule has 1 aromatic heterocycles. The molecule has 0 spiro atoms. The summed E-state index contributed by atoms with van der Waals surface area (Å²) in [5.74, 6) is -2.10. The number of carboxylic acid groups (broad SMARTS) is 1. The van der Waals surface area contributed by atoms with Gasteiger partial charge in [0.2, 0.25) is 0 Å². The molecule has 9 heteroatoms. The third kappa shape index (κ3) is 5.18. The Hall–Kier alpha value is -4.14. The Morgan fingerprint density at radius 3 is 2.34 bits per heavy atom. The van der Waals surface area contributed by atoms with E-state index in [1.807, 2.05) is 12.1 Å². The van der Waals surface area contributed by atoms with Crippen LogP contribution in [0.2, 0.25) is 0 Å². The fourth-order valence-electron chi connectivity index (χ4n) is 3.91. The molecule has 1 atom stereocenters. The minimum absolute atomic E-state index is 0.232. The zero-order valence-electron chi connectivity index (χ0n) is 19.8. The van der Waals surface area contributed by atoms with Crippen molar-refractivity contribution < 1.29 is 23.9 Å². The minimum Gasteiger partial charge on any atom is -0.480 e. The van der Waals surface area contributed by atoms with Gasteiger partial charge in [-0.2, -0.15) is 0 Å². The number of fused-ring (bicyclic) bond motifs is 1. The third-order valence-electron chi connectivity index (χ3n) is 6.46. The first kappa shape index (κ1) is 24.0. The Morgan fingerprint density at radius 1 is 1.00 bits per heavy atom. The van der Waals surface area contributed by atoms with Crippen LogP contribution in [-0.4, -0.2) is 33.5 Å². The monoisotopic (exact) mass is 476 g/mol. The van der Waals surface area contributed by atoms with Crippen LogP contribution in [0, 0.1) is 5.92 Å². The van der Waals surface area contributed by atoms with Gasteiger partial charge in [-0.1, -0.05) is 19.9 Å². The van der Waals surface area contributed by atoms with Gasteiger partial charge in [-0.15, -0.1) is 0 Å². The number of aryl methyl sites for hydroxylation is 2. The van der Waals surface area contributed by atoms with E-state index >= 15 is 0 Å². The number of carbonyl (C=O) groups excluding carboxylic acids is 2. The minimum atomic E-state index is -1.46. The highest BCUT2D eigenvalue weighted by molar-refractivity contribution is 6.00. The summed E-state index contributed by atoms with van der Waals surface area (Å²) in [5.41, 5.74) is 3.15. The summed E-state index contributed by atoms with van der Waals surface area (Å²) in [5, 5.41) is 17.6. The van der Waals surface area contributed by atoms with Crippen LogP contribution in [0.4, 0.5) is 16.2 Å². The van der Waals surface area contributed by atoms with Crippen LogP contribution in [0.25, 0.3) is 11.3 Å². The molecule has 0 radical (unpaired) electrons. The summed E-state index contributed by atoms with van der Waals surface area (Å²) in [7, 11) is 0. The highest BCUT2D eigenvalue weighted by Crippen LogP contribution is 2.26. The van der Waals surface area contributed by atoms with Crippen LogP contribution in [0.3, 0.4) is 0 Å². The number of carboxylic acids is 1. The first-order chi connectivity index (χ1) is 16.7. The van der Waals surface area contributed by atoms with E-state index in [9.17, 15) is 19.5 Å². The molecular weight excluding hydrogens is 448 g/mol. The van der Waals surface area contributed by atoms with Gasteiger partial charge in [-0.3, -0.25) is 4.79 Å². The van der Waals surface area contributed by atoms with Gasteiger partial charge in [-0.25, -0.2) is 14.6 Å². The lowest BCUT2D eigenvalue weighted by Crippen LogP contribution is -2.55. The molecule has 2 aromatic carbocycles. The summed E-state index contributed by atoms with van der Waals surface area (Å²) in [6, 6.07) is 12.5. The molecule has 1 aliphatic rings. The number of carbonyl (C=O) groups is 3. The van der Waals surface area contributed by atoms with Gasteiger partial charge in [0.1, 0.15) is 5.54 Å². The van der Waals surface area contributed by atoms with E-state index in [-0.39, 0.29) is 17.8 Å². The number of nitrogens with one attached hydrogen (secondary N) is 3. The smallest absolute Gasteiger partial charge is 0.329 e. The topological polar surface area (TPSA) is 134 Å². The van der Waals surface area contributed by atoms with E-state index < -0.39 is 17.4 Å². The maximum Gasteiger partial charge on any atom is 0.329 e. The van der Waals surface area contributed by atoms with Crippen molar-refractivity contribution in [2.75, 3.05) is 10.6 Å². The Morgan fingerprint density at radius 2 is 1.66 bits per heavy atom. The molecule has 35 heavy (non-hydrogen) atoms. The molecule has 182 valence electrons. The van der Waals surface area contributed by atoms with E-state index in [1.54, 1.807) is 38.1 Å². The standard InChI is InChI=1S/C26H28N4O5/c1-15(2)26(3,24(32)33)30-22(31)23-27-14-21(35-23)17-8-10-19(11-9-17)28-25(34)29-20-12-7-16-5-4-6-18(16)13-20/h7-15H,4-6H2,1-3H3,(H,30,31)(H,32,33)(H2,28,29,34). The molecule has 1 heterocycles. The zero-order valence-corrected chi connectivity index (χ0v) is 19.8. The van der Waals surface area contributed by atoms with Crippen molar-refractivity contribution in [2.45, 2.75) is 45.6 Å². The van der Waals surface area contributed by atoms with Crippen molar-refractivity contribution in [3.63, 3.8) is 0 Å².